The van der Waals surface area contributed by atoms with E-state index in [0.717, 1.165) is 114 Å². The van der Waals surface area contributed by atoms with Gasteiger partial charge in [-0.1, -0.05) is 200 Å². The van der Waals surface area contributed by atoms with Crippen LogP contribution in [0.4, 0.5) is 0 Å². The van der Waals surface area contributed by atoms with Gasteiger partial charge in [-0.25, -0.2) is 19.9 Å². The molecule has 348 valence electrons. The van der Waals surface area contributed by atoms with Gasteiger partial charge in [0.1, 0.15) is 0 Å². The smallest absolute Gasteiger partial charge is 0.235 e. The lowest BCUT2D eigenvalue weighted by atomic mass is 9.95. The number of hydrogen-bond donors (Lipinski definition) is 0. The summed E-state index contributed by atoms with van der Waals surface area (Å²) >= 11 is 1.75. The van der Waals surface area contributed by atoms with Crippen molar-refractivity contribution in [2.75, 3.05) is 0 Å². The van der Waals surface area contributed by atoms with Crippen LogP contribution in [0.1, 0.15) is 0 Å². The highest BCUT2D eigenvalue weighted by molar-refractivity contribution is 7.22. The average Bonchev–Trinajstić information content (AvgIpc) is 4.27. The van der Waals surface area contributed by atoms with Crippen LogP contribution in [0, 0.1) is 0 Å². The number of thiophene rings is 1. The summed E-state index contributed by atoms with van der Waals surface area (Å²) in [6.07, 6.45) is 0. The second-order valence-corrected chi connectivity index (χ2v) is 20.4. The quantitative estimate of drug-likeness (QED) is 0.156. The van der Waals surface area contributed by atoms with E-state index in [-0.39, 0.29) is 0 Å². The van der Waals surface area contributed by atoms with Gasteiger partial charge in [0.25, 0.3) is 0 Å². The summed E-state index contributed by atoms with van der Waals surface area (Å²) in [5, 5.41) is 12.6. The topological polar surface area (TPSA) is 61.4 Å². The maximum Gasteiger partial charge on any atom is 0.235 e. The first-order valence-corrected chi connectivity index (χ1v) is 26.1. The van der Waals surface area contributed by atoms with Gasteiger partial charge in [-0.05, 0) is 86.1 Å². The molecule has 0 N–H and O–H groups in total. The van der Waals surface area contributed by atoms with Crippen LogP contribution in [-0.2, 0) is 0 Å². The first-order chi connectivity index (χ1) is 37.2. The van der Waals surface area contributed by atoms with E-state index in [1.54, 1.807) is 11.3 Å². The molecule has 0 radical (unpaired) electrons. The summed E-state index contributed by atoms with van der Waals surface area (Å²) in [5.41, 5.74) is 13.3. The fourth-order valence-corrected chi connectivity index (χ4v) is 12.9. The van der Waals surface area contributed by atoms with Gasteiger partial charge in [0, 0.05) is 48.3 Å². The molecule has 5 heterocycles. The highest BCUT2D eigenvalue weighted by Gasteiger charge is 2.25. The SMILES string of the molecule is c1ccc(-c2cc3nc(-n4c5ccc(-c6cccc7c6c6c8ccccc8ccc6n7-c6nc(-c7ccccc7)c7ccc8ccccc8c7n6)cc5c5c6ccccc6ccc54)nc(-c4ccccc4)c3s2)cc1. The molecule has 0 amide bonds. The maximum atomic E-state index is 5.55. The van der Waals surface area contributed by atoms with E-state index >= 15 is 0 Å². The zero-order valence-corrected chi connectivity index (χ0v) is 41.0. The Morgan fingerprint density at radius 1 is 0.307 bits per heavy atom. The van der Waals surface area contributed by atoms with Crippen LogP contribution >= 0.6 is 11.3 Å². The number of nitrogens with zero attached hydrogens (tertiary/aromatic N) is 6. The summed E-state index contributed by atoms with van der Waals surface area (Å²) in [6.45, 7) is 0. The zero-order valence-electron chi connectivity index (χ0n) is 40.2. The Bertz CT molecular complexity index is 5000. The highest BCUT2D eigenvalue weighted by Crippen LogP contribution is 2.46. The molecule has 0 aliphatic heterocycles. The molecular weight excluding hydrogens is 933 g/mol. The van der Waals surface area contributed by atoms with Crippen LogP contribution in [0.2, 0.25) is 0 Å². The molecule has 0 aliphatic rings. The second-order valence-electron chi connectivity index (χ2n) is 19.3. The summed E-state index contributed by atoms with van der Waals surface area (Å²) in [5.74, 6) is 1.26. The second kappa shape index (κ2) is 16.3. The van der Waals surface area contributed by atoms with Gasteiger partial charge in [0.05, 0.1) is 49.2 Å². The average molecular weight is 973 g/mol. The van der Waals surface area contributed by atoms with Crippen molar-refractivity contribution in [3.63, 3.8) is 0 Å². The van der Waals surface area contributed by atoms with Gasteiger partial charge in [-0.2, -0.15) is 0 Å². The highest BCUT2D eigenvalue weighted by atomic mass is 32.1. The minimum absolute atomic E-state index is 0.628. The number of fused-ring (bicyclic) bond motifs is 14. The predicted octanol–water partition coefficient (Wildman–Crippen LogP) is 18.0. The number of benzene rings is 11. The molecule has 0 unspecified atom stereocenters. The Kier molecular flexibility index (Phi) is 9.10. The molecule has 5 aromatic heterocycles. The Morgan fingerprint density at radius 3 is 1.56 bits per heavy atom. The van der Waals surface area contributed by atoms with Crippen LogP contribution in [0.3, 0.4) is 0 Å². The van der Waals surface area contributed by atoms with Crippen molar-refractivity contribution in [3.8, 4) is 56.0 Å². The van der Waals surface area contributed by atoms with E-state index in [4.69, 9.17) is 19.9 Å². The van der Waals surface area contributed by atoms with Crippen molar-refractivity contribution in [1.29, 1.82) is 0 Å². The Labute approximate surface area is 433 Å². The molecule has 0 saturated carbocycles. The lowest BCUT2D eigenvalue weighted by Crippen LogP contribution is -2.04. The molecule has 16 aromatic rings. The van der Waals surface area contributed by atoms with Crippen molar-refractivity contribution in [3.05, 3.63) is 243 Å². The van der Waals surface area contributed by atoms with E-state index in [0.29, 0.717) is 11.9 Å². The Balaban J connectivity index is 0.976. The monoisotopic (exact) mass is 972 g/mol. The van der Waals surface area contributed by atoms with Gasteiger partial charge < -0.3 is 0 Å². The molecule has 0 fully saturated rings. The molecule has 0 bridgehead atoms. The largest absolute Gasteiger partial charge is 0.278 e. The minimum atomic E-state index is 0.628. The van der Waals surface area contributed by atoms with Gasteiger partial charge in [-0.15, -0.1) is 11.3 Å². The standard InChI is InChI=1S/C68H40N6S/c1-4-20-44(21-5-1)59-40-54-66(75-59)64(46-24-8-3-9-25-46)71-67(69-54)73-55-36-34-47(39-53(55)60-48-26-13-10-17-41(48)32-37-57(60)73)50-29-16-30-56-62(50)61-49-27-14-11-18-42(49)33-38-58(61)74(56)68-70-63(45-22-6-2-7-23-45)52-35-31-43-19-12-15-28-51(43)65(52)72-68/h1-40H. The lowest BCUT2D eigenvalue weighted by Gasteiger charge is -2.13. The number of aromatic nitrogens is 6. The van der Waals surface area contributed by atoms with E-state index < -0.39 is 0 Å². The van der Waals surface area contributed by atoms with Gasteiger partial charge in [0.15, 0.2) is 0 Å². The predicted molar refractivity (Wildman–Crippen MR) is 313 cm³/mol. The summed E-state index contributed by atoms with van der Waals surface area (Å²) in [7, 11) is 0. The van der Waals surface area contributed by atoms with E-state index in [1.807, 2.05) is 0 Å². The molecular formula is C68H40N6S. The minimum Gasteiger partial charge on any atom is -0.278 e. The maximum absolute atomic E-state index is 5.55. The van der Waals surface area contributed by atoms with Crippen LogP contribution in [0.15, 0.2) is 243 Å². The molecule has 0 atom stereocenters. The van der Waals surface area contributed by atoms with E-state index in [2.05, 4.69) is 252 Å². The number of rotatable bonds is 6. The molecule has 11 aromatic carbocycles. The lowest BCUT2D eigenvalue weighted by molar-refractivity contribution is 1.02. The van der Waals surface area contributed by atoms with Crippen LogP contribution in [0.25, 0.3) is 153 Å². The Hall–Kier alpha value is -9.82. The summed E-state index contributed by atoms with van der Waals surface area (Å²) in [4.78, 5) is 23.2. The van der Waals surface area contributed by atoms with Crippen LogP contribution in [0.5, 0.6) is 0 Å². The van der Waals surface area contributed by atoms with Gasteiger partial charge in [-0.3, -0.25) is 9.13 Å². The van der Waals surface area contributed by atoms with E-state index in [1.165, 1.54) is 27.1 Å². The first kappa shape index (κ1) is 41.8. The van der Waals surface area contributed by atoms with Crippen LogP contribution in [-0.4, -0.2) is 29.1 Å². The van der Waals surface area contributed by atoms with Gasteiger partial charge in [0.2, 0.25) is 11.9 Å². The Morgan fingerprint density at radius 2 is 0.840 bits per heavy atom. The first-order valence-electron chi connectivity index (χ1n) is 25.3. The molecule has 6 nitrogen and oxygen atoms in total. The molecule has 0 spiro atoms. The van der Waals surface area contributed by atoms with Crippen LogP contribution < -0.4 is 0 Å². The normalized spacial score (nSPS) is 12.0. The van der Waals surface area contributed by atoms with Crippen molar-refractivity contribution in [1.82, 2.24) is 29.1 Å². The molecule has 7 heteroatoms. The van der Waals surface area contributed by atoms with Crippen molar-refractivity contribution in [2.24, 2.45) is 0 Å². The third-order valence-electron chi connectivity index (χ3n) is 15.1. The third-order valence-corrected chi connectivity index (χ3v) is 16.3. The van der Waals surface area contributed by atoms with Crippen molar-refractivity contribution >= 4 is 108 Å². The molecule has 75 heavy (non-hydrogen) atoms. The zero-order chi connectivity index (χ0) is 49.1. The number of hydrogen-bond acceptors (Lipinski definition) is 5. The summed E-state index contributed by atoms with van der Waals surface area (Å²) in [6, 6.07) is 86.8. The molecule has 0 saturated heterocycles. The van der Waals surface area contributed by atoms with Crippen molar-refractivity contribution < 1.29 is 0 Å². The fourth-order valence-electron chi connectivity index (χ4n) is 11.8. The van der Waals surface area contributed by atoms with E-state index in [9.17, 15) is 0 Å². The summed E-state index contributed by atoms with van der Waals surface area (Å²) < 4.78 is 5.63. The fraction of sp³-hybridized carbons (Fsp3) is 0. The molecule has 0 aliphatic carbocycles. The molecule has 16 rings (SSSR count). The van der Waals surface area contributed by atoms with Gasteiger partial charge >= 0.3 is 0 Å². The van der Waals surface area contributed by atoms with Crippen molar-refractivity contribution in [2.45, 2.75) is 0 Å². The third kappa shape index (κ3) is 6.38.